The van der Waals surface area contributed by atoms with Crippen LogP contribution in [0.4, 0.5) is 0 Å². The van der Waals surface area contributed by atoms with Crippen molar-refractivity contribution in [2.24, 2.45) is 0 Å². The third-order valence-electron chi connectivity index (χ3n) is 3.55. The van der Waals surface area contributed by atoms with E-state index in [1.54, 1.807) is 7.11 Å². The topological polar surface area (TPSA) is 54.0 Å². The van der Waals surface area contributed by atoms with Gasteiger partial charge in [0, 0.05) is 0 Å². The lowest BCUT2D eigenvalue weighted by molar-refractivity contribution is 0.0360. The summed E-state index contributed by atoms with van der Waals surface area (Å²) in [6.45, 7) is 2.10. The van der Waals surface area contributed by atoms with Crippen molar-refractivity contribution in [2.75, 3.05) is 21.3 Å². The van der Waals surface area contributed by atoms with Crippen LogP contribution in [0.25, 0.3) is 0 Å². The van der Waals surface area contributed by atoms with Crippen LogP contribution in [0.5, 0.6) is 17.2 Å². The van der Waals surface area contributed by atoms with Crippen molar-refractivity contribution in [3.63, 3.8) is 0 Å². The molecule has 1 aromatic carbocycles. The Hall–Kier alpha value is -1.43. The fraction of sp³-hybridized carbons (Fsp3) is 0.533. The van der Waals surface area contributed by atoms with Gasteiger partial charge >= 0.3 is 5.97 Å². The highest BCUT2D eigenvalue weighted by molar-refractivity contribution is 9.10. The van der Waals surface area contributed by atoms with Gasteiger partial charge in [0.05, 0.1) is 36.9 Å². The lowest BCUT2D eigenvalue weighted by Crippen LogP contribution is -2.04. The number of methoxy groups -OCH3 is 3. The Morgan fingerprint density at radius 2 is 1.71 bits per heavy atom. The van der Waals surface area contributed by atoms with E-state index < -0.39 is 0 Å². The molecule has 1 atom stereocenters. The zero-order chi connectivity index (χ0) is 15.6. The first-order valence-electron chi connectivity index (χ1n) is 6.82. The molecule has 0 amide bonds. The van der Waals surface area contributed by atoms with Crippen molar-refractivity contribution in [3.8, 4) is 17.2 Å². The molecule has 0 saturated heterocycles. The van der Waals surface area contributed by atoms with Gasteiger partial charge in [0.25, 0.3) is 0 Å². The first kappa shape index (κ1) is 15.9. The SMILES string of the molecule is CCCCC1OC(=O)c2c(Br)c(OC)c(OC)c(OC)c21. The molecular formula is C15H19BrO5. The Morgan fingerprint density at radius 3 is 2.24 bits per heavy atom. The number of unbranched alkanes of at least 4 members (excludes halogenated alkanes) is 1. The first-order valence-corrected chi connectivity index (χ1v) is 7.62. The van der Waals surface area contributed by atoms with E-state index in [9.17, 15) is 4.79 Å². The van der Waals surface area contributed by atoms with Crippen LogP contribution in [0.15, 0.2) is 4.47 Å². The van der Waals surface area contributed by atoms with E-state index in [2.05, 4.69) is 22.9 Å². The van der Waals surface area contributed by atoms with Crippen molar-refractivity contribution in [1.82, 2.24) is 0 Å². The molecule has 0 aliphatic carbocycles. The molecule has 0 spiro atoms. The molecule has 0 N–H and O–H groups in total. The van der Waals surface area contributed by atoms with Crippen molar-refractivity contribution >= 4 is 21.9 Å². The summed E-state index contributed by atoms with van der Waals surface area (Å²) >= 11 is 3.42. The lowest BCUT2D eigenvalue weighted by atomic mass is 9.99. The van der Waals surface area contributed by atoms with Gasteiger partial charge in [0.2, 0.25) is 5.75 Å². The predicted molar refractivity (Wildman–Crippen MR) is 81.5 cm³/mol. The fourth-order valence-electron chi connectivity index (χ4n) is 2.59. The number of carbonyl (C=O) groups is 1. The molecule has 0 fully saturated rings. The summed E-state index contributed by atoms with van der Waals surface area (Å²) in [7, 11) is 4.60. The molecule has 1 aliphatic heterocycles. The normalized spacial score (nSPS) is 16.4. The summed E-state index contributed by atoms with van der Waals surface area (Å²) in [4.78, 5) is 12.2. The number of ether oxygens (including phenoxy) is 4. The molecule has 1 aliphatic rings. The van der Waals surface area contributed by atoms with Gasteiger partial charge < -0.3 is 18.9 Å². The van der Waals surface area contributed by atoms with Gasteiger partial charge in [-0.25, -0.2) is 4.79 Å². The number of hydrogen-bond donors (Lipinski definition) is 0. The molecule has 0 radical (unpaired) electrons. The van der Waals surface area contributed by atoms with Crippen LogP contribution in [0.2, 0.25) is 0 Å². The minimum absolute atomic E-state index is 0.307. The average molecular weight is 359 g/mol. The van der Waals surface area contributed by atoms with Crippen LogP contribution < -0.4 is 14.2 Å². The summed E-state index contributed by atoms with van der Waals surface area (Å²) in [5, 5.41) is 0. The lowest BCUT2D eigenvalue weighted by Gasteiger charge is -2.18. The second-order valence-corrected chi connectivity index (χ2v) is 5.53. The number of esters is 1. The second-order valence-electron chi connectivity index (χ2n) is 4.74. The van der Waals surface area contributed by atoms with Gasteiger partial charge in [-0.15, -0.1) is 0 Å². The van der Waals surface area contributed by atoms with E-state index >= 15 is 0 Å². The van der Waals surface area contributed by atoms with Crippen LogP contribution in [-0.2, 0) is 4.74 Å². The Labute approximate surface area is 132 Å². The molecule has 0 bridgehead atoms. The van der Waals surface area contributed by atoms with Crippen LogP contribution in [0.3, 0.4) is 0 Å². The van der Waals surface area contributed by atoms with Crippen molar-refractivity contribution in [2.45, 2.75) is 32.3 Å². The smallest absolute Gasteiger partial charge is 0.340 e. The molecule has 6 heteroatoms. The summed E-state index contributed by atoms with van der Waals surface area (Å²) in [6, 6.07) is 0. The maximum absolute atomic E-state index is 12.2. The van der Waals surface area contributed by atoms with Gasteiger partial charge in [-0.1, -0.05) is 13.3 Å². The molecule has 1 aromatic rings. The fourth-order valence-corrected chi connectivity index (χ4v) is 3.30. The number of benzene rings is 1. The summed E-state index contributed by atoms with van der Waals surface area (Å²) in [6.07, 6.45) is 2.44. The van der Waals surface area contributed by atoms with Crippen molar-refractivity contribution < 1.29 is 23.7 Å². The molecule has 21 heavy (non-hydrogen) atoms. The van der Waals surface area contributed by atoms with E-state index in [1.165, 1.54) is 14.2 Å². The largest absolute Gasteiger partial charge is 0.492 e. The van der Waals surface area contributed by atoms with E-state index in [1.807, 2.05) is 0 Å². The van der Waals surface area contributed by atoms with Gasteiger partial charge in [0.15, 0.2) is 11.5 Å². The molecule has 0 aromatic heterocycles. The highest BCUT2D eigenvalue weighted by Gasteiger charge is 2.40. The van der Waals surface area contributed by atoms with Gasteiger partial charge in [-0.2, -0.15) is 0 Å². The Kier molecular flexibility index (Phi) is 4.98. The number of rotatable bonds is 6. The summed E-state index contributed by atoms with van der Waals surface area (Å²) in [5.74, 6) is 1.03. The standard InChI is InChI=1S/C15H19BrO5/c1-5-6-7-8-9-10(15(17)21-8)11(16)13(19-3)14(20-4)12(9)18-2/h8H,5-7H2,1-4H3. The average Bonchev–Trinajstić information content (AvgIpc) is 2.81. The Bertz CT molecular complexity index is 556. The predicted octanol–water partition coefficient (Wildman–Crippen LogP) is 3.88. The van der Waals surface area contributed by atoms with E-state index in [4.69, 9.17) is 18.9 Å². The second kappa shape index (κ2) is 6.56. The molecular weight excluding hydrogens is 340 g/mol. The third kappa shape index (κ3) is 2.57. The van der Waals surface area contributed by atoms with Crippen LogP contribution >= 0.6 is 15.9 Å². The molecule has 1 unspecified atom stereocenters. The number of fused-ring (bicyclic) bond motifs is 1. The summed E-state index contributed by atoms with van der Waals surface area (Å²) < 4.78 is 22.3. The van der Waals surface area contributed by atoms with Gasteiger partial charge in [0.1, 0.15) is 6.10 Å². The van der Waals surface area contributed by atoms with E-state index in [0.717, 1.165) is 24.8 Å². The number of cyclic esters (lactones) is 1. The molecule has 5 nitrogen and oxygen atoms in total. The number of hydrogen-bond acceptors (Lipinski definition) is 5. The quantitative estimate of drug-likeness (QED) is 0.722. The monoisotopic (exact) mass is 358 g/mol. The highest BCUT2D eigenvalue weighted by atomic mass is 79.9. The maximum atomic E-state index is 12.2. The van der Waals surface area contributed by atoms with Gasteiger partial charge in [-0.05, 0) is 28.8 Å². The van der Waals surface area contributed by atoms with Crippen LogP contribution in [-0.4, -0.2) is 27.3 Å². The zero-order valence-electron chi connectivity index (χ0n) is 12.6. The summed E-state index contributed by atoms with van der Waals surface area (Å²) in [5.41, 5.74) is 1.20. The third-order valence-corrected chi connectivity index (χ3v) is 4.31. The maximum Gasteiger partial charge on any atom is 0.340 e. The Morgan fingerprint density at radius 1 is 1.10 bits per heavy atom. The Balaban J connectivity index is 2.66. The number of carbonyl (C=O) groups excluding carboxylic acids is 1. The zero-order valence-corrected chi connectivity index (χ0v) is 14.2. The molecule has 2 rings (SSSR count). The van der Waals surface area contributed by atoms with Crippen molar-refractivity contribution in [3.05, 3.63) is 15.6 Å². The first-order chi connectivity index (χ1) is 10.1. The minimum atomic E-state index is -0.364. The molecule has 1 heterocycles. The molecule has 0 saturated carbocycles. The number of halogens is 1. The van der Waals surface area contributed by atoms with Crippen LogP contribution in [0.1, 0.15) is 48.2 Å². The van der Waals surface area contributed by atoms with E-state index in [-0.39, 0.29) is 12.1 Å². The van der Waals surface area contributed by atoms with Crippen LogP contribution in [0, 0.1) is 0 Å². The van der Waals surface area contributed by atoms with Crippen molar-refractivity contribution in [1.29, 1.82) is 0 Å². The minimum Gasteiger partial charge on any atom is -0.492 e. The highest BCUT2D eigenvalue weighted by Crippen LogP contribution is 2.53. The molecule has 116 valence electrons. The van der Waals surface area contributed by atoms with Gasteiger partial charge in [-0.3, -0.25) is 0 Å². The van der Waals surface area contributed by atoms with E-state index in [0.29, 0.717) is 27.3 Å².